The fraction of sp³-hybridized carbons (Fsp3) is 0.737. The van der Waals surface area contributed by atoms with Crippen molar-refractivity contribution in [3.63, 3.8) is 0 Å². The van der Waals surface area contributed by atoms with E-state index in [1.165, 1.54) is 4.88 Å². The van der Waals surface area contributed by atoms with Crippen LogP contribution in [0.4, 0.5) is 8.78 Å². The van der Waals surface area contributed by atoms with Gasteiger partial charge in [-0.05, 0) is 38.2 Å². The maximum absolute atomic E-state index is 13.2. The molecule has 3 aliphatic rings. The van der Waals surface area contributed by atoms with Crippen LogP contribution in [0.3, 0.4) is 0 Å². The molecule has 4 nitrogen and oxygen atoms in total. The van der Waals surface area contributed by atoms with E-state index in [1.807, 2.05) is 11.4 Å². The SMILES string of the molecule is Cl.O=C(NC1CCOCC1)c1csc([C@@H]2C[C@H]2NC2CCC(F)(F)CC2)c1. The molecule has 0 bridgehead atoms. The van der Waals surface area contributed by atoms with Crippen LogP contribution >= 0.6 is 23.7 Å². The summed E-state index contributed by atoms with van der Waals surface area (Å²) in [6, 6.07) is 2.79. The van der Waals surface area contributed by atoms with E-state index in [2.05, 4.69) is 10.6 Å². The average molecular weight is 421 g/mol. The van der Waals surface area contributed by atoms with Gasteiger partial charge in [0, 0.05) is 60.4 Å². The van der Waals surface area contributed by atoms with Crippen molar-refractivity contribution < 1.29 is 18.3 Å². The Hall–Kier alpha value is -0.760. The van der Waals surface area contributed by atoms with Crippen LogP contribution in [0.2, 0.25) is 0 Å². The number of amides is 1. The molecule has 2 saturated carbocycles. The van der Waals surface area contributed by atoms with Crippen LogP contribution in [0.5, 0.6) is 0 Å². The van der Waals surface area contributed by atoms with Gasteiger partial charge in [0.2, 0.25) is 5.92 Å². The molecule has 1 aromatic rings. The van der Waals surface area contributed by atoms with Crippen LogP contribution in [0, 0.1) is 0 Å². The summed E-state index contributed by atoms with van der Waals surface area (Å²) in [6.45, 7) is 1.42. The molecule has 1 aliphatic heterocycles. The quantitative estimate of drug-likeness (QED) is 0.753. The lowest BCUT2D eigenvalue weighted by molar-refractivity contribution is -0.0405. The standard InChI is InChI=1S/C19H26F2N2O2S.ClH/c20-19(21)5-1-13(2-6-19)22-16-10-15(16)17-9-12(11-26-17)18(24)23-14-3-7-25-8-4-14;/h9,11,13-16,22H,1-8,10H2,(H,23,24);1H/t15-,16-;/m1./s1. The fourth-order valence-electron chi connectivity index (χ4n) is 3.98. The number of thiophene rings is 1. The summed E-state index contributed by atoms with van der Waals surface area (Å²) < 4.78 is 31.8. The zero-order chi connectivity index (χ0) is 18.1. The lowest BCUT2D eigenvalue weighted by Gasteiger charge is -2.29. The van der Waals surface area contributed by atoms with E-state index in [1.54, 1.807) is 11.3 Å². The molecular weight excluding hydrogens is 394 g/mol. The molecule has 8 heteroatoms. The minimum Gasteiger partial charge on any atom is -0.381 e. The number of carbonyl (C=O) groups excluding carboxylic acids is 1. The second kappa shape index (κ2) is 8.72. The summed E-state index contributed by atoms with van der Waals surface area (Å²) in [7, 11) is 0. The summed E-state index contributed by atoms with van der Waals surface area (Å²) in [5.74, 6) is -2.05. The van der Waals surface area contributed by atoms with Gasteiger partial charge in [-0.1, -0.05) is 0 Å². The number of hydrogen-bond donors (Lipinski definition) is 2. The molecule has 1 amide bonds. The van der Waals surface area contributed by atoms with Crippen molar-refractivity contribution in [3.8, 4) is 0 Å². The molecule has 0 spiro atoms. The minimum atomic E-state index is -2.47. The van der Waals surface area contributed by atoms with Gasteiger partial charge in [0.15, 0.2) is 0 Å². The van der Waals surface area contributed by atoms with E-state index in [9.17, 15) is 13.6 Å². The van der Waals surface area contributed by atoms with Crippen molar-refractivity contribution in [2.45, 2.75) is 74.9 Å². The Morgan fingerprint density at radius 1 is 1.15 bits per heavy atom. The highest BCUT2D eigenvalue weighted by Crippen LogP contribution is 2.45. The molecule has 0 radical (unpaired) electrons. The topological polar surface area (TPSA) is 50.4 Å². The zero-order valence-corrected chi connectivity index (χ0v) is 16.8. The average Bonchev–Trinajstić information content (AvgIpc) is 3.20. The smallest absolute Gasteiger partial charge is 0.252 e. The fourth-order valence-corrected chi connectivity index (χ4v) is 5.05. The largest absolute Gasteiger partial charge is 0.381 e. The Labute approximate surface area is 168 Å². The molecule has 1 aromatic heterocycles. The molecule has 0 aromatic carbocycles. The number of ether oxygens (including phenoxy) is 1. The first kappa shape index (κ1) is 21.0. The number of nitrogens with one attached hydrogen (secondary N) is 2. The van der Waals surface area contributed by atoms with E-state index in [0.29, 0.717) is 38.0 Å². The highest BCUT2D eigenvalue weighted by molar-refractivity contribution is 7.10. The molecule has 3 fully saturated rings. The van der Waals surface area contributed by atoms with E-state index < -0.39 is 5.92 Å². The second-order valence-electron chi connectivity index (χ2n) is 7.84. The van der Waals surface area contributed by atoms with Crippen LogP contribution < -0.4 is 10.6 Å². The second-order valence-corrected chi connectivity index (χ2v) is 8.79. The summed E-state index contributed by atoms with van der Waals surface area (Å²) in [5.41, 5.74) is 0.736. The van der Waals surface area contributed by atoms with Gasteiger partial charge >= 0.3 is 0 Å². The van der Waals surface area contributed by atoms with E-state index in [-0.39, 0.29) is 43.2 Å². The number of rotatable bonds is 5. The minimum absolute atomic E-state index is 0. The van der Waals surface area contributed by atoms with Crippen LogP contribution in [0.15, 0.2) is 11.4 Å². The van der Waals surface area contributed by atoms with Crippen molar-refractivity contribution in [3.05, 3.63) is 21.9 Å². The molecule has 2 heterocycles. The summed E-state index contributed by atoms with van der Waals surface area (Å²) in [5, 5.41) is 8.57. The lowest BCUT2D eigenvalue weighted by Crippen LogP contribution is -2.38. The third kappa shape index (κ3) is 5.40. The van der Waals surface area contributed by atoms with Gasteiger partial charge in [-0.15, -0.1) is 23.7 Å². The predicted octanol–water partition coefficient (Wildman–Crippen LogP) is 4.10. The third-order valence-electron chi connectivity index (χ3n) is 5.76. The van der Waals surface area contributed by atoms with Crippen LogP contribution in [-0.4, -0.2) is 43.2 Å². The molecule has 2 aliphatic carbocycles. The Morgan fingerprint density at radius 2 is 1.85 bits per heavy atom. The van der Waals surface area contributed by atoms with Gasteiger partial charge in [-0.2, -0.15) is 0 Å². The Balaban J connectivity index is 0.00000210. The monoisotopic (exact) mass is 420 g/mol. The highest BCUT2D eigenvalue weighted by Gasteiger charge is 2.43. The molecule has 4 rings (SSSR count). The normalized spacial score (nSPS) is 28.4. The highest BCUT2D eigenvalue weighted by atomic mass is 35.5. The molecule has 1 saturated heterocycles. The molecule has 27 heavy (non-hydrogen) atoms. The van der Waals surface area contributed by atoms with Crippen LogP contribution in [-0.2, 0) is 4.74 Å². The lowest BCUT2D eigenvalue weighted by atomic mass is 9.92. The van der Waals surface area contributed by atoms with Gasteiger partial charge in [-0.3, -0.25) is 4.79 Å². The zero-order valence-electron chi connectivity index (χ0n) is 15.2. The van der Waals surface area contributed by atoms with Crippen LogP contribution in [0.25, 0.3) is 0 Å². The van der Waals surface area contributed by atoms with Gasteiger partial charge in [0.05, 0.1) is 5.56 Å². The van der Waals surface area contributed by atoms with Gasteiger partial charge < -0.3 is 15.4 Å². The van der Waals surface area contributed by atoms with Gasteiger partial charge in [0.25, 0.3) is 5.91 Å². The Bertz CT molecular complexity index is 641. The first-order valence-electron chi connectivity index (χ1n) is 9.61. The molecule has 0 unspecified atom stereocenters. The Morgan fingerprint density at radius 3 is 2.56 bits per heavy atom. The van der Waals surface area contributed by atoms with Crippen molar-refractivity contribution in [2.75, 3.05) is 13.2 Å². The van der Waals surface area contributed by atoms with E-state index in [0.717, 1.165) is 24.8 Å². The van der Waals surface area contributed by atoms with Crippen molar-refractivity contribution in [1.29, 1.82) is 0 Å². The molecule has 152 valence electrons. The van der Waals surface area contributed by atoms with E-state index >= 15 is 0 Å². The number of carbonyl (C=O) groups is 1. The van der Waals surface area contributed by atoms with Gasteiger partial charge in [-0.25, -0.2) is 8.78 Å². The van der Waals surface area contributed by atoms with Gasteiger partial charge in [0.1, 0.15) is 0 Å². The molecular formula is C19H27ClF2N2O2S. The first-order chi connectivity index (χ1) is 12.5. The summed E-state index contributed by atoms with van der Waals surface area (Å²) in [4.78, 5) is 13.6. The maximum Gasteiger partial charge on any atom is 0.252 e. The number of hydrogen-bond acceptors (Lipinski definition) is 4. The molecule has 2 N–H and O–H groups in total. The van der Waals surface area contributed by atoms with Crippen molar-refractivity contribution >= 4 is 29.7 Å². The van der Waals surface area contributed by atoms with Crippen molar-refractivity contribution in [1.82, 2.24) is 10.6 Å². The third-order valence-corrected chi connectivity index (χ3v) is 6.83. The Kier molecular flexibility index (Phi) is 6.77. The van der Waals surface area contributed by atoms with Crippen LogP contribution in [0.1, 0.15) is 66.1 Å². The van der Waals surface area contributed by atoms with Crippen molar-refractivity contribution in [2.24, 2.45) is 0 Å². The summed E-state index contributed by atoms with van der Waals surface area (Å²) in [6.07, 6.45) is 3.89. The first-order valence-corrected chi connectivity index (χ1v) is 10.5. The van der Waals surface area contributed by atoms with E-state index in [4.69, 9.17) is 4.74 Å². The molecule has 2 atom stereocenters. The predicted molar refractivity (Wildman–Crippen MR) is 104 cm³/mol. The maximum atomic E-state index is 13.2. The number of alkyl halides is 2. The summed E-state index contributed by atoms with van der Waals surface area (Å²) >= 11 is 1.63. The number of halogens is 3.